The van der Waals surface area contributed by atoms with E-state index >= 15 is 0 Å². The van der Waals surface area contributed by atoms with Crippen LogP contribution in [0.2, 0.25) is 0 Å². The van der Waals surface area contributed by atoms with Crippen LogP contribution in [0, 0.1) is 5.82 Å². The highest BCUT2D eigenvalue weighted by Gasteiger charge is 2.06. The van der Waals surface area contributed by atoms with Crippen molar-refractivity contribution in [1.29, 1.82) is 0 Å². The lowest BCUT2D eigenvalue weighted by Gasteiger charge is -2.07. The van der Waals surface area contributed by atoms with Crippen molar-refractivity contribution in [2.75, 3.05) is 11.9 Å². The van der Waals surface area contributed by atoms with Gasteiger partial charge in [0.1, 0.15) is 11.6 Å². The topological polar surface area (TPSA) is 92.9 Å². The van der Waals surface area contributed by atoms with Crippen LogP contribution in [0.4, 0.5) is 10.1 Å². The second kappa shape index (κ2) is 9.13. The van der Waals surface area contributed by atoms with Crippen LogP contribution in [-0.4, -0.2) is 24.6 Å². The van der Waals surface area contributed by atoms with Crippen molar-refractivity contribution < 1.29 is 23.1 Å². The third-order valence-electron chi connectivity index (χ3n) is 3.50. The molecule has 0 atom stereocenters. The first-order valence-electron chi connectivity index (χ1n) is 8.25. The van der Waals surface area contributed by atoms with Gasteiger partial charge in [-0.2, -0.15) is 5.10 Å². The van der Waals surface area contributed by atoms with E-state index in [-0.39, 0.29) is 24.1 Å². The van der Waals surface area contributed by atoms with E-state index in [0.717, 1.165) is 5.56 Å². The maximum atomic E-state index is 12.8. The second-order valence-electron chi connectivity index (χ2n) is 5.59. The molecule has 0 unspecified atom stereocenters. The van der Waals surface area contributed by atoms with Crippen molar-refractivity contribution in [3.63, 3.8) is 0 Å². The van der Waals surface area contributed by atoms with E-state index in [1.54, 1.807) is 30.3 Å². The molecule has 0 spiro atoms. The SMILES string of the molecule is O=C(COc1ccc(/C=N\NC(=O)c2ccco2)cc1)Nc1ccc(F)cc1. The highest BCUT2D eigenvalue weighted by Crippen LogP contribution is 2.12. The molecule has 2 N–H and O–H groups in total. The van der Waals surface area contributed by atoms with Gasteiger partial charge in [-0.1, -0.05) is 0 Å². The molecular formula is C20H16FN3O4. The predicted octanol–water partition coefficient (Wildman–Crippen LogP) is 3.20. The summed E-state index contributed by atoms with van der Waals surface area (Å²) in [6, 6.07) is 15.4. The van der Waals surface area contributed by atoms with Crippen LogP contribution in [-0.2, 0) is 4.79 Å². The Balaban J connectivity index is 1.44. The van der Waals surface area contributed by atoms with Gasteiger partial charge in [-0.3, -0.25) is 9.59 Å². The molecule has 2 amide bonds. The molecule has 0 saturated carbocycles. The Morgan fingerprint density at radius 3 is 2.50 bits per heavy atom. The number of nitrogens with zero attached hydrogens (tertiary/aromatic N) is 1. The number of hydrazone groups is 1. The number of ether oxygens (including phenoxy) is 1. The van der Waals surface area contributed by atoms with Crippen LogP contribution in [0.3, 0.4) is 0 Å². The molecule has 0 bridgehead atoms. The van der Waals surface area contributed by atoms with E-state index in [2.05, 4.69) is 15.8 Å². The van der Waals surface area contributed by atoms with Crippen molar-refractivity contribution in [2.45, 2.75) is 0 Å². The lowest BCUT2D eigenvalue weighted by Crippen LogP contribution is -2.20. The molecule has 0 aliphatic carbocycles. The van der Waals surface area contributed by atoms with Crippen molar-refractivity contribution >= 4 is 23.7 Å². The van der Waals surface area contributed by atoms with E-state index < -0.39 is 5.91 Å². The Morgan fingerprint density at radius 1 is 1.07 bits per heavy atom. The highest BCUT2D eigenvalue weighted by molar-refractivity contribution is 5.92. The number of nitrogens with one attached hydrogen (secondary N) is 2. The number of benzene rings is 2. The lowest BCUT2D eigenvalue weighted by molar-refractivity contribution is -0.118. The zero-order chi connectivity index (χ0) is 19.8. The van der Waals surface area contributed by atoms with Crippen LogP contribution in [0.15, 0.2) is 76.4 Å². The maximum Gasteiger partial charge on any atom is 0.307 e. The molecule has 0 aliphatic heterocycles. The molecule has 3 rings (SSSR count). The number of hydrogen-bond acceptors (Lipinski definition) is 5. The summed E-state index contributed by atoms with van der Waals surface area (Å²) in [6.07, 6.45) is 2.86. The number of carbonyl (C=O) groups is 2. The van der Waals surface area contributed by atoms with Crippen molar-refractivity contribution in [3.05, 3.63) is 84.1 Å². The molecule has 1 aromatic heterocycles. The average Bonchev–Trinajstić information content (AvgIpc) is 3.24. The van der Waals surface area contributed by atoms with Crippen LogP contribution in [0.25, 0.3) is 0 Å². The summed E-state index contributed by atoms with van der Waals surface area (Å²) in [4.78, 5) is 23.5. The molecular weight excluding hydrogens is 365 g/mol. The summed E-state index contributed by atoms with van der Waals surface area (Å²) >= 11 is 0. The molecule has 0 saturated heterocycles. The van der Waals surface area contributed by atoms with Crippen molar-refractivity contribution in [1.82, 2.24) is 5.43 Å². The van der Waals surface area contributed by atoms with E-state index in [9.17, 15) is 14.0 Å². The van der Waals surface area contributed by atoms with Gasteiger partial charge in [0.25, 0.3) is 5.91 Å². The minimum absolute atomic E-state index is 0.166. The standard InChI is InChI=1S/C20H16FN3O4/c21-15-5-7-16(8-6-15)23-19(25)13-28-17-9-3-14(4-10-17)12-22-24-20(26)18-2-1-11-27-18/h1-12H,13H2,(H,23,25)(H,24,26)/b22-12-. The van der Waals surface area contributed by atoms with Gasteiger partial charge in [0.2, 0.25) is 0 Å². The first kappa shape index (κ1) is 18.8. The first-order chi connectivity index (χ1) is 13.6. The van der Waals surface area contributed by atoms with E-state index in [4.69, 9.17) is 9.15 Å². The Hall–Kier alpha value is -3.94. The Labute approximate surface area is 159 Å². The van der Waals surface area contributed by atoms with Gasteiger partial charge in [-0.05, 0) is 66.2 Å². The van der Waals surface area contributed by atoms with E-state index in [1.165, 1.54) is 42.8 Å². The average molecular weight is 381 g/mol. The molecule has 7 nitrogen and oxygen atoms in total. The minimum atomic E-state index is -0.451. The van der Waals surface area contributed by atoms with Gasteiger partial charge in [0, 0.05) is 5.69 Å². The van der Waals surface area contributed by atoms with Gasteiger partial charge in [-0.25, -0.2) is 9.82 Å². The number of amides is 2. The number of halogens is 1. The smallest absolute Gasteiger partial charge is 0.307 e. The predicted molar refractivity (Wildman–Crippen MR) is 101 cm³/mol. The third-order valence-corrected chi connectivity index (χ3v) is 3.50. The Kier molecular flexibility index (Phi) is 6.14. The summed E-state index contributed by atoms with van der Waals surface area (Å²) in [6.45, 7) is -0.190. The van der Waals surface area contributed by atoms with Gasteiger partial charge in [0.15, 0.2) is 12.4 Å². The summed E-state index contributed by atoms with van der Waals surface area (Å²) < 4.78 is 23.2. The molecule has 0 fully saturated rings. The number of furan rings is 1. The second-order valence-corrected chi connectivity index (χ2v) is 5.59. The molecule has 8 heteroatoms. The Morgan fingerprint density at radius 2 is 1.82 bits per heavy atom. The molecule has 28 heavy (non-hydrogen) atoms. The first-order valence-corrected chi connectivity index (χ1v) is 8.25. The highest BCUT2D eigenvalue weighted by atomic mass is 19.1. The lowest BCUT2D eigenvalue weighted by atomic mass is 10.2. The van der Waals surface area contributed by atoms with E-state index in [1.807, 2.05) is 0 Å². The van der Waals surface area contributed by atoms with Gasteiger partial charge >= 0.3 is 5.91 Å². The summed E-state index contributed by atoms with van der Waals surface area (Å²) in [7, 11) is 0. The van der Waals surface area contributed by atoms with Gasteiger partial charge in [-0.15, -0.1) is 0 Å². The molecule has 142 valence electrons. The molecule has 3 aromatic rings. The molecule has 2 aromatic carbocycles. The normalized spacial score (nSPS) is 10.6. The number of hydrogen-bond donors (Lipinski definition) is 2. The molecule has 1 heterocycles. The minimum Gasteiger partial charge on any atom is -0.484 e. The van der Waals surface area contributed by atoms with Crippen molar-refractivity contribution in [2.24, 2.45) is 5.10 Å². The summed E-state index contributed by atoms with van der Waals surface area (Å²) in [5.74, 6) is -0.532. The maximum absolute atomic E-state index is 12.8. The number of anilines is 1. The van der Waals surface area contributed by atoms with Gasteiger partial charge < -0.3 is 14.5 Å². The van der Waals surface area contributed by atoms with Crippen LogP contribution in [0.1, 0.15) is 16.1 Å². The number of rotatable bonds is 7. The van der Waals surface area contributed by atoms with E-state index in [0.29, 0.717) is 11.4 Å². The largest absolute Gasteiger partial charge is 0.484 e. The fourth-order valence-electron chi connectivity index (χ4n) is 2.16. The fourth-order valence-corrected chi connectivity index (χ4v) is 2.16. The monoisotopic (exact) mass is 381 g/mol. The summed E-state index contributed by atoms with van der Waals surface area (Å²) in [5, 5.41) is 6.44. The number of carbonyl (C=O) groups excluding carboxylic acids is 2. The summed E-state index contributed by atoms with van der Waals surface area (Å²) in [5.41, 5.74) is 3.55. The van der Waals surface area contributed by atoms with Gasteiger partial charge in [0.05, 0.1) is 12.5 Å². The fraction of sp³-hybridized carbons (Fsp3) is 0.0500. The molecule has 0 radical (unpaired) electrons. The Bertz CT molecular complexity index is 952. The van der Waals surface area contributed by atoms with Crippen LogP contribution < -0.4 is 15.5 Å². The third kappa shape index (κ3) is 5.53. The zero-order valence-electron chi connectivity index (χ0n) is 14.6. The van der Waals surface area contributed by atoms with Crippen LogP contribution in [0.5, 0.6) is 5.75 Å². The van der Waals surface area contributed by atoms with Crippen LogP contribution >= 0.6 is 0 Å². The van der Waals surface area contributed by atoms with Crippen molar-refractivity contribution in [3.8, 4) is 5.75 Å². The molecule has 0 aliphatic rings. The zero-order valence-corrected chi connectivity index (χ0v) is 14.6. The quantitative estimate of drug-likeness (QED) is 0.486.